The van der Waals surface area contributed by atoms with Gasteiger partial charge in [-0.25, -0.2) is 4.79 Å². The Bertz CT molecular complexity index is 727. The quantitative estimate of drug-likeness (QED) is 0.250. The number of benzene rings is 2. The number of hydrogen-bond donors (Lipinski definition) is 0. The Labute approximate surface area is 183 Å². The van der Waals surface area contributed by atoms with Crippen LogP contribution in [0.3, 0.4) is 0 Å². The summed E-state index contributed by atoms with van der Waals surface area (Å²) in [6, 6.07) is 12.5. The van der Waals surface area contributed by atoms with Gasteiger partial charge in [0.1, 0.15) is 19.0 Å². The number of carbonyl (C=O) groups is 1. The summed E-state index contributed by atoms with van der Waals surface area (Å²) >= 11 is 12.5. The number of halogens is 2. The summed E-state index contributed by atoms with van der Waals surface area (Å²) in [7, 11) is 0. The minimum Gasteiger partial charge on any atom is -0.490 e. The van der Waals surface area contributed by atoms with E-state index in [9.17, 15) is 4.79 Å². The van der Waals surface area contributed by atoms with E-state index in [1.54, 1.807) is 0 Å². The highest BCUT2D eigenvalue weighted by Gasteiger charge is 2.15. The fourth-order valence-electron chi connectivity index (χ4n) is 2.77. The lowest BCUT2D eigenvalue weighted by molar-refractivity contribution is 0.0497. The maximum atomic E-state index is 12.2. The fraction of sp³-hybridized carbons (Fsp3) is 0.435. The third kappa shape index (κ3) is 8.55. The Hall–Kier alpha value is -1.91. The van der Waals surface area contributed by atoms with Crippen LogP contribution < -0.4 is 9.47 Å². The van der Waals surface area contributed by atoms with Gasteiger partial charge < -0.3 is 14.2 Å². The molecule has 0 spiro atoms. The molecule has 2 aromatic rings. The number of esters is 1. The topological polar surface area (TPSA) is 44.8 Å². The summed E-state index contributed by atoms with van der Waals surface area (Å²) < 4.78 is 16.5. The third-order valence-electron chi connectivity index (χ3n) is 4.31. The highest BCUT2D eigenvalue weighted by molar-refractivity contribution is 6.37. The first kappa shape index (κ1) is 23.4. The molecule has 0 saturated heterocycles. The minimum atomic E-state index is -0.429. The van der Waals surface area contributed by atoms with Gasteiger partial charge in [0, 0.05) is 0 Å². The lowest BCUT2D eigenvalue weighted by Crippen LogP contribution is -2.10. The van der Waals surface area contributed by atoms with Gasteiger partial charge in [0.2, 0.25) is 0 Å². The molecule has 0 N–H and O–H groups in total. The number of rotatable bonds is 13. The second kappa shape index (κ2) is 13.3. The zero-order valence-corrected chi connectivity index (χ0v) is 18.3. The number of unbranched alkanes of at least 4 members (excludes halogenated alkanes) is 5. The lowest BCUT2D eigenvalue weighted by atomic mass is 10.1. The molecule has 0 radical (unpaired) electrons. The van der Waals surface area contributed by atoms with Gasteiger partial charge in [-0.1, -0.05) is 80.4 Å². The Kier molecular flexibility index (Phi) is 10.7. The zero-order chi connectivity index (χ0) is 20.9. The van der Waals surface area contributed by atoms with Crippen molar-refractivity contribution < 1.29 is 19.0 Å². The molecule has 0 amide bonds. The first-order valence-electron chi connectivity index (χ1n) is 10.1. The minimum absolute atomic E-state index is 0.267. The Morgan fingerprint density at radius 1 is 0.828 bits per heavy atom. The number of para-hydroxylation sites is 1. The summed E-state index contributed by atoms with van der Waals surface area (Å²) in [6.07, 6.45) is 6.79. The van der Waals surface area contributed by atoms with E-state index in [2.05, 4.69) is 6.92 Å². The van der Waals surface area contributed by atoms with Gasteiger partial charge in [0.25, 0.3) is 0 Å². The Balaban J connectivity index is 1.76. The van der Waals surface area contributed by atoms with Gasteiger partial charge >= 0.3 is 5.97 Å². The van der Waals surface area contributed by atoms with Crippen LogP contribution in [0, 0.1) is 0 Å². The summed E-state index contributed by atoms with van der Waals surface area (Å²) in [5, 5.41) is 0.535. The molecule has 0 aromatic heterocycles. The molecular weight excluding hydrogens is 411 g/mol. The van der Waals surface area contributed by atoms with Crippen molar-refractivity contribution in [2.75, 3.05) is 19.8 Å². The highest BCUT2D eigenvalue weighted by atomic mass is 35.5. The molecule has 2 rings (SSSR count). The van der Waals surface area contributed by atoms with Crippen molar-refractivity contribution in [1.82, 2.24) is 0 Å². The first-order valence-corrected chi connectivity index (χ1v) is 10.8. The fourth-order valence-corrected chi connectivity index (χ4v) is 3.36. The van der Waals surface area contributed by atoms with Crippen molar-refractivity contribution in [3.63, 3.8) is 0 Å². The summed E-state index contributed by atoms with van der Waals surface area (Å²) in [6.45, 7) is 3.21. The third-order valence-corrected chi connectivity index (χ3v) is 4.87. The van der Waals surface area contributed by atoms with Crippen LogP contribution in [0.5, 0.6) is 11.5 Å². The van der Waals surface area contributed by atoms with Gasteiger partial charge in [0.15, 0.2) is 5.75 Å². The van der Waals surface area contributed by atoms with E-state index in [-0.39, 0.29) is 16.7 Å². The zero-order valence-electron chi connectivity index (χ0n) is 16.8. The Morgan fingerprint density at radius 2 is 1.45 bits per heavy atom. The van der Waals surface area contributed by atoms with Crippen LogP contribution in [0.1, 0.15) is 55.8 Å². The molecule has 6 heteroatoms. The summed E-state index contributed by atoms with van der Waals surface area (Å²) in [4.78, 5) is 12.2. The van der Waals surface area contributed by atoms with Crippen LogP contribution in [0.4, 0.5) is 0 Å². The second-order valence-corrected chi connectivity index (χ2v) is 7.50. The molecule has 0 aliphatic heterocycles. The van der Waals surface area contributed by atoms with Crippen LogP contribution >= 0.6 is 23.2 Å². The van der Waals surface area contributed by atoms with Crippen LogP contribution in [0.25, 0.3) is 0 Å². The molecule has 158 valence electrons. The molecule has 0 atom stereocenters. The number of ether oxygens (including phenoxy) is 3. The van der Waals surface area contributed by atoms with E-state index in [0.29, 0.717) is 24.5 Å². The smallest absolute Gasteiger partial charge is 0.338 e. The molecule has 0 aliphatic rings. The van der Waals surface area contributed by atoms with E-state index in [1.165, 1.54) is 37.8 Å². The maximum Gasteiger partial charge on any atom is 0.338 e. The van der Waals surface area contributed by atoms with Gasteiger partial charge in [-0.2, -0.15) is 0 Å². The normalized spacial score (nSPS) is 10.6. The van der Waals surface area contributed by atoms with Crippen molar-refractivity contribution in [2.45, 2.75) is 45.4 Å². The SMILES string of the molecule is CCCCCCCCOC(=O)c1cc(Cl)c(OCCOc2ccccc2)c(Cl)c1. The summed E-state index contributed by atoms with van der Waals surface area (Å²) in [5.41, 5.74) is 0.318. The van der Waals surface area contributed by atoms with Crippen LogP contribution in [-0.2, 0) is 4.74 Å². The van der Waals surface area contributed by atoms with Crippen molar-refractivity contribution in [2.24, 2.45) is 0 Å². The van der Waals surface area contributed by atoms with Gasteiger partial charge in [0.05, 0.1) is 22.2 Å². The molecule has 4 nitrogen and oxygen atoms in total. The molecule has 0 unspecified atom stereocenters. The van der Waals surface area contributed by atoms with E-state index in [0.717, 1.165) is 18.6 Å². The van der Waals surface area contributed by atoms with Gasteiger partial charge in [-0.05, 0) is 30.7 Å². The Morgan fingerprint density at radius 3 is 2.14 bits per heavy atom. The molecule has 29 heavy (non-hydrogen) atoms. The summed E-state index contributed by atoms with van der Waals surface area (Å²) in [5.74, 6) is 0.663. The first-order chi connectivity index (χ1) is 14.1. The van der Waals surface area contributed by atoms with Crippen LogP contribution in [0.2, 0.25) is 10.0 Å². The standard InChI is InChI=1S/C23H28Cl2O4/c1-2-3-4-5-6-10-13-29-23(26)18-16-20(24)22(21(25)17-18)28-15-14-27-19-11-8-7-9-12-19/h7-9,11-12,16-17H,2-6,10,13-15H2,1H3. The molecular formula is C23H28Cl2O4. The van der Waals surface area contributed by atoms with Crippen molar-refractivity contribution >= 4 is 29.2 Å². The van der Waals surface area contributed by atoms with Crippen molar-refractivity contribution in [3.05, 3.63) is 58.1 Å². The van der Waals surface area contributed by atoms with Crippen molar-refractivity contribution in [1.29, 1.82) is 0 Å². The average Bonchev–Trinajstić information content (AvgIpc) is 2.72. The second-order valence-electron chi connectivity index (χ2n) is 6.68. The number of carbonyl (C=O) groups excluding carboxylic acids is 1. The molecule has 0 heterocycles. The molecule has 0 saturated carbocycles. The predicted molar refractivity (Wildman–Crippen MR) is 118 cm³/mol. The highest BCUT2D eigenvalue weighted by Crippen LogP contribution is 2.34. The maximum absolute atomic E-state index is 12.2. The van der Waals surface area contributed by atoms with E-state index in [1.807, 2.05) is 30.3 Å². The van der Waals surface area contributed by atoms with E-state index < -0.39 is 5.97 Å². The molecule has 0 fully saturated rings. The average molecular weight is 439 g/mol. The van der Waals surface area contributed by atoms with E-state index in [4.69, 9.17) is 37.4 Å². The lowest BCUT2D eigenvalue weighted by Gasteiger charge is -2.12. The largest absolute Gasteiger partial charge is 0.490 e. The number of hydrogen-bond acceptors (Lipinski definition) is 4. The van der Waals surface area contributed by atoms with Crippen molar-refractivity contribution in [3.8, 4) is 11.5 Å². The molecule has 0 aliphatic carbocycles. The molecule has 2 aromatic carbocycles. The van der Waals surface area contributed by atoms with Crippen LogP contribution in [0.15, 0.2) is 42.5 Å². The monoisotopic (exact) mass is 438 g/mol. The molecule has 0 bridgehead atoms. The van der Waals surface area contributed by atoms with Gasteiger partial charge in [-0.15, -0.1) is 0 Å². The van der Waals surface area contributed by atoms with Gasteiger partial charge in [-0.3, -0.25) is 0 Å². The van der Waals surface area contributed by atoms with E-state index >= 15 is 0 Å². The predicted octanol–water partition coefficient (Wildman–Crippen LogP) is 6.97. The van der Waals surface area contributed by atoms with Crippen LogP contribution in [-0.4, -0.2) is 25.8 Å².